The van der Waals surface area contributed by atoms with Gasteiger partial charge >= 0.3 is 0 Å². The molecule has 0 radical (unpaired) electrons. The van der Waals surface area contributed by atoms with Crippen molar-refractivity contribution in [3.8, 4) is 11.5 Å². The zero-order valence-electron chi connectivity index (χ0n) is 8.85. The fourth-order valence-corrected chi connectivity index (χ4v) is 1.92. The Hall–Kier alpha value is -1.22. The molecule has 3 heteroatoms. The van der Waals surface area contributed by atoms with Gasteiger partial charge in [-0.25, -0.2) is 0 Å². The lowest BCUT2D eigenvalue weighted by Gasteiger charge is -2.18. The van der Waals surface area contributed by atoms with Crippen LogP contribution in [-0.4, -0.2) is 24.4 Å². The highest BCUT2D eigenvalue weighted by Gasteiger charge is 2.27. The molecule has 1 N–H and O–H groups in total. The fraction of sp³-hybridized carbons (Fsp3) is 0.500. The number of hydrogen-bond donors (Lipinski definition) is 1. The van der Waals surface area contributed by atoms with Crippen molar-refractivity contribution in [1.82, 2.24) is 0 Å². The Labute approximate surface area is 89.6 Å². The van der Waals surface area contributed by atoms with Crippen LogP contribution in [0.15, 0.2) is 24.3 Å². The summed E-state index contributed by atoms with van der Waals surface area (Å²) in [7, 11) is 1.62. The second-order valence-electron chi connectivity index (χ2n) is 3.81. The molecule has 0 saturated heterocycles. The van der Waals surface area contributed by atoms with Crippen LogP contribution >= 0.6 is 0 Å². The Bertz CT molecular complexity index is 324. The third-order valence-electron chi connectivity index (χ3n) is 2.77. The lowest BCUT2D eigenvalue weighted by molar-refractivity contribution is 0.0586. The molecule has 82 valence electrons. The molecule has 3 nitrogen and oxygen atoms in total. The number of aliphatic hydroxyl groups is 1. The van der Waals surface area contributed by atoms with Crippen molar-refractivity contribution in [3.05, 3.63) is 24.3 Å². The van der Waals surface area contributed by atoms with Crippen LogP contribution in [0.4, 0.5) is 0 Å². The van der Waals surface area contributed by atoms with Gasteiger partial charge in [0.15, 0.2) is 11.5 Å². The summed E-state index contributed by atoms with van der Waals surface area (Å²) in [6.07, 6.45) is 2.36. The number of para-hydroxylation sites is 2. The molecular weight excluding hydrogens is 192 g/mol. The van der Waals surface area contributed by atoms with Crippen LogP contribution in [0.2, 0.25) is 0 Å². The Morgan fingerprint density at radius 2 is 1.93 bits per heavy atom. The van der Waals surface area contributed by atoms with Gasteiger partial charge in [0.1, 0.15) is 6.10 Å². The molecule has 1 aliphatic carbocycles. The topological polar surface area (TPSA) is 38.7 Å². The van der Waals surface area contributed by atoms with Gasteiger partial charge in [0.2, 0.25) is 0 Å². The first-order valence-electron chi connectivity index (χ1n) is 5.29. The van der Waals surface area contributed by atoms with Gasteiger partial charge < -0.3 is 14.6 Å². The Balaban J connectivity index is 2.09. The van der Waals surface area contributed by atoms with Crippen LogP contribution in [0, 0.1) is 0 Å². The summed E-state index contributed by atoms with van der Waals surface area (Å²) in [6.45, 7) is 0. The highest BCUT2D eigenvalue weighted by molar-refractivity contribution is 5.39. The fourth-order valence-electron chi connectivity index (χ4n) is 1.92. The van der Waals surface area contributed by atoms with E-state index in [0.717, 1.165) is 25.0 Å². The van der Waals surface area contributed by atoms with E-state index >= 15 is 0 Å². The standard InChI is InChI=1S/C12H16O3/c1-14-11-6-2-3-7-12(11)15-10-8-4-5-9(10)13/h2-3,6-7,9-10,13H,4-5,8H2,1H3. The smallest absolute Gasteiger partial charge is 0.161 e. The van der Waals surface area contributed by atoms with E-state index < -0.39 is 0 Å². The summed E-state index contributed by atoms with van der Waals surface area (Å²) in [5, 5.41) is 9.65. The van der Waals surface area contributed by atoms with E-state index in [0.29, 0.717) is 5.75 Å². The zero-order valence-corrected chi connectivity index (χ0v) is 8.85. The van der Waals surface area contributed by atoms with Gasteiger partial charge in [-0.15, -0.1) is 0 Å². The first-order chi connectivity index (χ1) is 7.31. The molecule has 1 fully saturated rings. The minimum Gasteiger partial charge on any atom is -0.493 e. The predicted octanol–water partition coefficient (Wildman–Crippen LogP) is 1.99. The predicted molar refractivity (Wildman–Crippen MR) is 57.3 cm³/mol. The van der Waals surface area contributed by atoms with Crippen LogP contribution in [-0.2, 0) is 0 Å². The quantitative estimate of drug-likeness (QED) is 0.825. The normalized spacial score (nSPS) is 25.2. The van der Waals surface area contributed by atoms with Crippen molar-refractivity contribution in [2.75, 3.05) is 7.11 Å². The van der Waals surface area contributed by atoms with Crippen LogP contribution in [0.25, 0.3) is 0 Å². The summed E-state index contributed by atoms with van der Waals surface area (Å²) in [6, 6.07) is 7.52. The highest BCUT2D eigenvalue weighted by atomic mass is 16.5. The van der Waals surface area contributed by atoms with Crippen molar-refractivity contribution in [2.24, 2.45) is 0 Å². The monoisotopic (exact) mass is 208 g/mol. The van der Waals surface area contributed by atoms with E-state index in [1.807, 2.05) is 24.3 Å². The molecule has 1 aliphatic rings. The summed E-state index contributed by atoms with van der Waals surface area (Å²) in [5.74, 6) is 1.43. The molecule has 2 unspecified atom stereocenters. The van der Waals surface area contributed by atoms with Crippen LogP contribution < -0.4 is 9.47 Å². The summed E-state index contributed by atoms with van der Waals surface area (Å²) < 4.78 is 10.9. The molecule has 15 heavy (non-hydrogen) atoms. The summed E-state index contributed by atoms with van der Waals surface area (Å²) in [5.41, 5.74) is 0. The Morgan fingerprint density at radius 3 is 2.53 bits per heavy atom. The van der Waals surface area contributed by atoms with E-state index in [1.165, 1.54) is 0 Å². The van der Waals surface area contributed by atoms with Crippen molar-refractivity contribution in [1.29, 1.82) is 0 Å². The first kappa shape index (κ1) is 10.3. The van der Waals surface area contributed by atoms with Crippen molar-refractivity contribution >= 4 is 0 Å². The number of methoxy groups -OCH3 is 1. The number of ether oxygens (including phenoxy) is 2. The third-order valence-corrected chi connectivity index (χ3v) is 2.77. The third kappa shape index (κ3) is 2.23. The van der Waals surface area contributed by atoms with Crippen molar-refractivity contribution in [2.45, 2.75) is 31.5 Å². The largest absolute Gasteiger partial charge is 0.493 e. The van der Waals surface area contributed by atoms with E-state index in [1.54, 1.807) is 7.11 Å². The minimum atomic E-state index is -0.338. The van der Waals surface area contributed by atoms with E-state index in [-0.39, 0.29) is 12.2 Å². The molecule has 0 heterocycles. The molecule has 0 amide bonds. The lowest BCUT2D eigenvalue weighted by atomic mass is 10.2. The van der Waals surface area contributed by atoms with Gasteiger partial charge in [0.05, 0.1) is 13.2 Å². The molecule has 2 atom stereocenters. The SMILES string of the molecule is COc1ccccc1OC1CCCC1O. The van der Waals surface area contributed by atoms with E-state index in [4.69, 9.17) is 9.47 Å². The van der Waals surface area contributed by atoms with E-state index in [9.17, 15) is 5.11 Å². The molecule has 0 aliphatic heterocycles. The first-order valence-corrected chi connectivity index (χ1v) is 5.29. The van der Waals surface area contributed by atoms with Crippen LogP contribution in [0.5, 0.6) is 11.5 Å². The van der Waals surface area contributed by atoms with Gasteiger partial charge in [0, 0.05) is 0 Å². The summed E-state index contributed by atoms with van der Waals surface area (Å²) in [4.78, 5) is 0. The average Bonchev–Trinajstić information content (AvgIpc) is 2.65. The zero-order chi connectivity index (χ0) is 10.7. The Morgan fingerprint density at radius 1 is 1.20 bits per heavy atom. The van der Waals surface area contributed by atoms with Crippen molar-refractivity contribution < 1.29 is 14.6 Å². The van der Waals surface area contributed by atoms with Gasteiger partial charge in [-0.2, -0.15) is 0 Å². The summed E-state index contributed by atoms with van der Waals surface area (Å²) >= 11 is 0. The minimum absolute atomic E-state index is 0.0821. The van der Waals surface area contributed by atoms with Gasteiger partial charge in [-0.3, -0.25) is 0 Å². The lowest BCUT2D eigenvalue weighted by Crippen LogP contribution is -2.25. The molecule has 1 aromatic carbocycles. The maximum Gasteiger partial charge on any atom is 0.161 e. The van der Waals surface area contributed by atoms with E-state index in [2.05, 4.69) is 0 Å². The molecule has 2 rings (SSSR count). The number of hydrogen-bond acceptors (Lipinski definition) is 3. The maximum atomic E-state index is 9.65. The van der Waals surface area contributed by atoms with Gasteiger partial charge in [-0.1, -0.05) is 12.1 Å². The molecular formula is C12H16O3. The second-order valence-corrected chi connectivity index (χ2v) is 3.81. The average molecular weight is 208 g/mol. The molecule has 1 saturated carbocycles. The van der Waals surface area contributed by atoms with Gasteiger partial charge in [0.25, 0.3) is 0 Å². The van der Waals surface area contributed by atoms with Gasteiger partial charge in [-0.05, 0) is 31.4 Å². The molecule has 1 aromatic rings. The molecule has 0 bridgehead atoms. The second kappa shape index (κ2) is 4.53. The number of rotatable bonds is 3. The maximum absolute atomic E-state index is 9.65. The molecule has 0 spiro atoms. The van der Waals surface area contributed by atoms with Crippen molar-refractivity contribution in [3.63, 3.8) is 0 Å². The number of benzene rings is 1. The van der Waals surface area contributed by atoms with Crippen LogP contribution in [0.1, 0.15) is 19.3 Å². The highest BCUT2D eigenvalue weighted by Crippen LogP contribution is 2.31. The molecule has 0 aromatic heterocycles. The van der Waals surface area contributed by atoms with Crippen LogP contribution in [0.3, 0.4) is 0 Å². The number of aliphatic hydroxyl groups excluding tert-OH is 1. The Kier molecular flexibility index (Phi) is 3.11.